The van der Waals surface area contributed by atoms with Gasteiger partial charge in [-0.1, -0.05) is 6.07 Å². The lowest BCUT2D eigenvalue weighted by Crippen LogP contribution is -2.38. The van der Waals surface area contributed by atoms with Gasteiger partial charge in [-0.25, -0.2) is 0 Å². The molecule has 2 rings (SSSR count). The maximum atomic E-state index is 5.74. The summed E-state index contributed by atoms with van der Waals surface area (Å²) in [6, 6.07) is 7.63. The van der Waals surface area contributed by atoms with Crippen LogP contribution >= 0.6 is 24.0 Å². The topological polar surface area (TPSA) is 73.3 Å². The first kappa shape index (κ1) is 23.8. The summed E-state index contributed by atoms with van der Waals surface area (Å²) in [5, 5.41) is 6.57. The average Bonchev–Trinajstić information content (AvgIpc) is 3.19. The average molecular weight is 493 g/mol. The Morgan fingerprint density at radius 1 is 1.19 bits per heavy atom. The van der Waals surface area contributed by atoms with Crippen LogP contribution in [0, 0.1) is 0 Å². The Labute approximate surface area is 179 Å². The van der Waals surface area contributed by atoms with Crippen LogP contribution in [-0.4, -0.2) is 65.7 Å². The van der Waals surface area contributed by atoms with Gasteiger partial charge < -0.3 is 29.6 Å². The molecule has 8 heteroatoms. The maximum Gasteiger partial charge on any atom is 0.190 e. The largest absolute Gasteiger partial charge is 0.497 e. The molecule has 1 atom stereocenters. The van der Waals surface area contributed by atoms with Gasteiger partial charge in [-0.15, -0.1) is 24.0 Å². The molecular weight excluding hydrogens is 461 g/mol. The summed E-state index contributed by atoms with van der Waals surface area (Å²) in [7, 11) is 3.42. The molecule has 0 aliphatic carbocycles. The number of guanidine groups is 1. The predicted octanol–water partition coefficient (Wildman–Crippen LogP) is 2.44. The van der Waals surface area contributed by atoms with Crippen LogP contribution in [0.4, 0.5) is 0 Å². The van der Waals surface area contributed by atoms with Crippen molar-refractivity contribution in [2.45, 2.75) is 25.4 Å². The van der Waals surface area contributed by atoms with Gasteiger partial charge in [-0.2, -0.15) is 0 Å². The van der Waals surface area contributed by atoms with Gasteiger partial charge in [0.1, 0.15) is 11.5 Å². The van der Waals surface area contributed by atoms with Crippen LogP contribution in [0.2, 0.25) is 0 Å². The van der Waals surface area contributed by atoms with Crippen LogP contribution in [0.25, 0.3) is 0 Å². The van der Waals surface area contributed by atoms with Crippen molar-refractivity contribution in [1.29, 1.82) is 0 Å². The van der Waals surface area contributed by atoms with E-state index in [0.29, 0.717) is 6.61 Å². The van der Waals surface area contributed by atoms with Crippen LogP contribution in [-0.2, 0) is 9.47 Å². The molecule has 1 aromatic carbocycles. The molecule has 27 heavy (non-hydrogen) atoms. The number of nitrogens with zero attached hydrogens (tertiary/aromatic N) is 1. The van der Waals surface area contributed by atoms with Crippen LogP contribution in [0.1, 0.15) is 19.3 Å². The summed E-state index contributed by atoms with van der Waals surface area (Å²) >= 11 is 0. The van der Waals surface area contributed by atoms with Crippen LogP contribution in [0.5, 0.6) is 11.5 Å². The molecule has 0 bridgehead atoms. The number of rotatable bonds is 11. The van der Waals surface area contributed by atoms with Gasteiger partial charge in [0.15, 0.2) is 5.96 Å². The second-order valence-electron chi connectivity index (χ2n) is 6.02. The van der Waals surface area contributed by atoms with Gasteiger partial charge in [0.2, 0.25) is 0 Å². The van der Waals surface area contributed by atoms with E-state index in [2.05, 4.69) is 15.6 Å². The van der Waals surface area contributed by atoms with Crippen LogP contribution in [0.15, 0.2) is 29.3 Å². The van der Waals surface area contributed by atoms with E-state index < -0.39 is 0 Å². The lowest BCUT2D eigenvalue weighted by atomic mass is 10.3. The van der Waals surface area contributed by atoms with E-state index in [1.54, 1.807) is 14.2 Å². The fraction of sp³-hybridized carbons (Fsp3) is 0.632. The summed E-state index contributed by atoms with van der Waals surface area (Å²) in [5.41, 5.74) is 0. The standard InChI is InChI=1S/C19H31N3O4.HI/c1-20-19(22-10-5-12-26-18-8-13-24-15-18)21-9-4-11-25-17-7-3-6-16(14-17)23-2;/h3,6-7,14,18H,4-5,8-13,15H2,1-2H3,(H2,20,21,22);1H. The molecule has 1 saturated heterocycles. The Morgan fingerprint density at radius 2 is 1.93 bits per heavy atom. The summed E-state index contributed by atoms with van der Waals surface area (Å²) in [5.74, 6) is 2.42. The molecule has 0 radical (unpaired) electrons. The molecule has 1 fully saturated rings. The minimum Gasteiger partial charge on any atom is -0.497 e. The minimum absolute atomic E-state index is 0. The molecular formula is C19H32IN3O4. The van der Waals surface area contributed by atoms with E-state index in [4.69, 9.17) is 18.9 Å². The third-order valence-corrected chi connectivity index (χ3v) is 4.00. The molecule has 1 aromatic rings. The number of halogens is 1. The number of methoxy groups -OCH3 is 1. The molecule has 2 N–H and O–H groups in total. The van der Waals surface area contributed by atoms with Crippen molar-refractivity contribution in [3.8, 4) is 11.5 Å². The minimum atomic E-state index is 0. The molecule has 0 aromatic heterocycles. The smallest absolute Gasteiger partial charge is 0.190 e. The van der Waals surface area contributed by atoms with Gasteiger partial charge in [0.25, 0.3) is 0 Å². The number of nitrogens with one attached hydrogen (secondary N) is 2. The summed E-state index contributed by atoms with van der Waals surface area (Å²) < 4.78 is 21.9. The Kier molecular flexibility index (Phi) is 13.0. The second-order valence-corrected chi connectivity index (χ2v) is 6.02. The maximum absolute atomic E-state index is 5.74. The van der Waals surface area contributed by atoms with Crippen molar-refractivity contribution < 1.29 is 18.9 Å². The first-order valence-corrected chi connectivity index (χ1v) is 9.22. The Hall–Kier alpha value is -1.26. The molecule has 0 spiro atoms. The highest BCUT2D eigenvalue weighted by molar-refractivity contribution is 14.0. The quantitative estimate of drug-likeness (QED) is 0.214. The number of ether oxygens (including phenoxy) is 4. The van der Waals surface area contributed by atoms with E-state index in [1.807, 2.05) is 24.3 Å². The SMILES string of the molecule is CN=C(NCCCOc1cccc(OC)c1)NCCCOC1CCOC1.I. The molecule has 0 amide bonds. The van der Waals surface area contributed by atoms with Gasteiger partial charge in [0, 0.05) is 39.4 Å². The third-order valence-electron chi connectivity index (χ3n) is 4.00. The molecule has 0 saturated carbocycles. The van der Waals surface area contributed by atoms with Crippen molar-refractivity contribution in [1.82, 2.24) is 10.6 Å². The number of hydrogen-bond donors (Lipinski definition) is 2. The monoisotopic (exact) mass is 493 g/mol. The number of aliphatic imine (C=N–C) groups is 1. The summed E-state index contributed by atoms with van der Waals surface area (Å²) in [4.78, 5) is 4.22. The molecule has 154 valence electrons. The van der Waals surface area contributed by atoms with E-state index in [-0.39, 0.29) is 30.1 Å². The summed E-state index contributed by atoms with van der Waals surface area (Å²) in [6.45, 7) is 4.55. The third kappa shape index (κ3) is 10.0. The first-order chi connectivity index (χ1) is 12.8. The highest BCUT2D eigenvalue weighted by Crippen LogP contribution is 2.18. The van der Waals surface area contributed by atoms with Crippen molar-refractivity contribution in [3.05, 3.63) is 24.3 Å². The molecule has 1 aliphatic heterocycles. The highest BCUT2D eigenvalue weighted by atomic mass is 127. The highest BCUT2D eigenvalue weighted by Gasteiger charge is 2.15. The zero-order valence-corrected chi connectivity index (χ0v) is 18.6. The zero-order valence-electron chi connectivity index (χ0n) is 16.2. The van der Waals surface area contributed by atoms with E-state index >= 15 is 0 Å². The van der Waals surface area contributed by atoms with Gasteiger partial charge in [-0.05, 0) is 31.4 Å². The van der Waals surface area contributed by atoms with E-state index in [1.165, 1.54) is 0 Å². The van der Waals surface area contributed by atoms with Crippen molar-refractivity contribution >= 4 is 29.9 Å². The predicted molar refractivity (Wildman–Crippen MR) is 118 cm³/mol. The first-order valence-electron chi connectivity index (χ1n) is 9.22. The van der Waals surface area contributed by atoms with Gasteiger partial charge in [0.05, 0.1) is 26.4 Å². The van der Waals surface area contributed by atoms with E-state index in [9.17, 15) is 0 Å². The van der Waals surface area contributed by atoms with Crippen LogP contribution < -0.4 is 20.1 Å². The number of benzene rings is 1. The van der Waals surface area contributed by atoms with Crippen molar-refractivity contribution in [2.75, 3.05) is 53.7 Å². The molecule has 1 unspecified atom stereocenters. The zero-order chi connectivity index (χ0) is 18.5. The van der Waals surface area contributed by atoms with E-state index in [0.717, 1.165) is 69.6 Å². The summed E-state index contributed by atoms with van der Waals surface area (Å²) in [6.07, 6.45) is 3.10. The lowest BCUT2D eigenvalue weighted by Gasteiger charge is -2.13. The molecule has 1 heterocycles. The van der Waals surface area contributed by atoms with Gasteiger partial charge in [-0.3, -0.25) is 4.99 Å². The van der Waals surface area contributed by atoms with Gasteiger partial charge >= 0.3 is 0 Å². The molecule has 7 nitrogen and oxygen atoms in total. The normalized spacial score (nSPS) is 16.5. The fourth-order valence-electron chi connectivity index (χ4n) is 2.55. The Bertz CT molecular complexity index is 539. The Morgan fingerprint density at radius 3 is 2.59 bits per heavy atom. The van der Waals surface area contributed by atoms with Crippen molar-refractivity contribution in [3.63, 3.8) is 0 Å². The fourth-order valence-corrected chi connectivity index (χ4v) is 2.55. The van der Waals surface area contributed by atoms with Crippen molar-refractivity contribution in [2.24, 2.45) is 4.99 Å². The molecule has 1 aliphatic rings. The second kappa shape index (κ2) is 14.8. The lowest BCUT2D eigenvalue weighted by molar-refractivity contribution is 0.0420. The number of hydrogen-bond acceptors (Lipinski definition) is 5. The Balaban J connectivity index is 0.00000364. The van der Waals surface area contributed by atoms with Crippen LogP contribution in [0.3, 0.4) is 0 Å².